The lowest BCUT2D eigenvalue weighted by Crippen LogP contribution is -2.29. The van der Waals surface area contributed by atoms with Crippen molar-refractivity contribution >= 4 is 10.1 Å². The van der Waals surface area contributed by atoms with Crippen LogP contribution in [0.25, 0.3) is 0 Å². The van der Waals surface area contributed by atoms with E-state index in [1.165, 1.54) is 6.92 Å². The van der Waals surface area contributed by atoms with Crippen molar-refractivity contribution in [1.29, 1.82) is 0 Å². The fourth-order valence-corrected chi connectivity index (χ4v) is 1.44. The molecule has 0 radical (unpaired) electrons. The minimum absolute atomic E-state index is 0.379. The molecule has 1 atom stereocenters. The van der Waals surface area contributed by atoms with Gasteiger partial charge < -0.3 is 4.74 Å². The molecular weight excluding hydrogens is 261 g/mol. The molecule has 0 spiro atoms. The van der Waals surface area contributed by atoms with Gasteiger partial charge in [0.25, 0.3) is 0 Å². The van der Waals surface area contributed by atoms with Crippen molar-refractivity contribution in [3.05, 3.63) is 0 Å². The summed E-state index contributed by atoms with van der Waals surface area (Å²) in [5, 5.41) is 0. The van der Waals surface area contributed by atoms with Crippen LogP contribution in [0.4, 0.5) is 13.2 Å². The number of ether oxygens (including phenoxy) is 1. The SMILES string of the molecule is CCCCCO[C@@H](C)COS(=O)(=O)C(F)(F)F. The molecule has 8 heteroatoms. The van der Waals surface area contributed by atoms with E-state index in [2.05, 4.69) is 4.18 Å². The Morgan fingerprint density at radius 1 is 1.24 bits per heavy atom. The molecule has 0 unspecified atom stereocenters. The third-order valence-corrected chi connectivity index (χ3v) is 2.90. The first-order valence-corrected chi connectivity index (χ1v) is 6.69. The van der Waals surface area contributed by atoms with E-state index in [-0.39, 0.29) is 0 Å². The van der Waals surface area contributed by atoms with Gasteiger partial charge in [-0.25, -0.2) is 0 Å². The van der Waals surface area contributed by atoms with Crippen LogP contribution >= 0.6 is 0 Å². The van der Waals surface area contributed by atoms with E-state index in [0.717, 1.165) is 19.3 Å². The normalized spacial score (nSPS) is 14.9. The quantitative estimate of drug-likeness (QED) is 0.389. The van der Waals surface area contributed by atoms with Crippen LogP contribution < -0.4 is 0 Å². The van der Waals surface area contributed by atoms with Gasteiger partial charge in [-0.05, 0) is 13.3 Å². The van der Waals surface area contributed by atoms with Crippen LogP contribution in [0.1, 0.15) is 33.1 Å². The first-order chi connectivity index (χ1) is 7.70. The Morgan fingerprint density at radius 3 is 2.29 bits per heavy atom. The van der Waals surface area contributed by atoms with Gasteiger partial charge in [-0.15, -0.1) is 0 Å². The third-order valence-electron chi connectivity index (χ3n) is 1.89. The summed E-state index contributed by atoms with van der Waals surface area (Å²) >= 11 is 0. The highest BCUT2D eigenvalue weighted by Crippen LogP contribution is 2.24. The molecular formula is C9H17F3O4S. The second-order valence-corrected chi connectivity index (χ2v) is 5.18. The molecule has 0 bridgehead atoms. The van der Waals surface area contributed by atoms with Crippen molar-refractivity contribution in [1.82, 2.24) is 0 Å². The van der Waals surface area contributed by atoms with E-state index in [1.54, 1.807) is 0 Å². The van der Waals surface area contributed by atoms with Gasteiger partial charge in [-0.2, -0.15) is 21.6 Å². The summed E-state index contributed by atoms with van der Waals surface area (Å²) in [5.74, 6) is 0. The molecule has 0 rings (SSSR count). The second kappa shape index (κ2) is 7.17. The highest BCUT2D eigenvalue weighted by Gasteiger charge is 2.47. The highest BCUT2D eigenvalue weighted by atomic mass is 32.2. The Labute approximate surface area is 99.2 Å². The molecule has 0 aliphatic carbocycles. The highest BCUT2D eigenvalue weighted by molar-refractivity contribution is 7.87. The first kappa shape index (κ1) is 16.7. The predicted octanol–water partition coefficient (Wildman–Crippen LogP) is 2.45. The molecule has 4 nitrogen and oxygen atoms in total. The van der Waals surface area contributed by atoms with Crippen molar-refractivity contribution < 1.29 is 30.5 Å². The standard InChI is InChI=1S/C9H17F3O4S/c1-3-4-5-6-15-8(2)7-16-17(13,14)9(10,11)12/h8H,3-7H2,1-2H3/t8-/m0/s1. The maximum Gasteiger partial charge on any atom is 0.523 e. The maximum atomic E-state index is 11.9. The van der Waals surface area contributed by atoms with Crippen molar-refractivity contribution in [3.63, 3.8) is 0 Å². The average Bonchev–Trinajstić information content (AvgIpc) is 2.20. The Morgan fingerprint density at radius 2 is 1.82 bits per heavy atom. The summed E-state index contributed by atoms with van der Waals surface area (Å²) in [6.45, 7) is 3.21. The van der Waals surface area contributed by atoms with Crippen molar-refractivity contribution in [2.24, 2.45) is 0 Å². The zero-order valence-electron chi connectivity index (χ0n) is 9.79. The minimum atomic E-state index is -5.51. The molecule has 17 heavy (non-hydrogen) atoms. The summed E-state index contributed by atoms with van der Waals surface area (Å²) in [6.07, 6.45) is 2.04. The zero-order chi connectivity index (χ0) is 13.5. The summed E-state index contributed by atoms with van der Waals surface area (Å²) in [5.41, 5.74) is -5.38. The van der Waals surface area contributed by atoms with Crippen LogP contribution in [-0.2, 0) is 19.0 Å². The van der Waals surface area contributed by atoms with Gasteiger partial charge in [-0.1, -0.05) is 19.8 Å². The first-order valence-electron chi connectivity index (χ1n) is 5.28. The van der Waals surface area contributed by atoms with Crippen LogP contribution in [0, 0.1) is 0 Å². The number of halogens is 3. The molecule has 0 fully saturated rings. The van der Waals surface area contributed by atoms with Gasteiger partial charge in [-0.3, -0.25) is 4.18 Å². The van der Waals surface area contributed by atoms with Gasteiger partial charge >= 0.3 is 15.6 Å². The molecule has 0 aliphatic rings. The fourth-order valence-electron chi connectivity index (χ4n) is 0.937. The topological polar surface area (TPSA) is 52.6 Å². The average molecular weight is 278 g/mol. The molecule has 0 aliphatic heterocycles. The van der Waals surface area contributed by atoms with E-state index < -0.39 is 28.3 Å². The number of unbranched alkanes of at least 4 members (excludes halogenated alkanes) is 2. The summed E-state index contributed by atoms with van der Waals surface area (Å²) < 4.78 is 65.6. The van der Waals surface area contributed by atoms with Crippen molar-refractivity contribution in [2.75, 3.05) is 13.2 Å². The maximum absolute atomic E-state index is 11.9. The van der Waals surface area contributed by atoms with E-state index in [1.807, 2.05) is 6.92 Å². The van der Waals surface area contributed by atoms with Gasteiger partial charge in [0, 0.05) is 6.61 Å². The molecule has 104 valence electrons. The molecule has 0 saturated heterocycles. The molecule has 0 N–H and O–H groups in total. The minimum Gasteiger partial charge on any atom is -0.376 e. The molecule has 0 saturated carbocycles. The van der Waals surface area contributed by atoms with Gasteiger partial charge in [0.05, 0.1) is 12.7 Å². The van der Waals surface area contributed by atoms with Crippen LogP contribution in [0.3, 0.4) is 0 Å². The summed E-state index contributed by atoms with van der Waals surface area (Å²) in [4.78, 5) is 0. The Hall–Kier alpha value is -0.340. The number of hydrogen-bond acceptors (Lipinski definition) is 4. The Kier molecular flexibility index (Phi) is 7.03. The van der Waals surface area contributed by atoms with E-state index in [4.69, 9.17) is 4.74 Å². The van der Waals surface area contributed by atoms with Gasteiger partial charge in [0.15, 0.2) is 0 Å². The van der Waals surface area contributed by atoms with Gasteiger partial charge in [0.2, 0.25) is 0 Å². The van der Waals surface area contributed by atoms with Crippen LogP contribution in [0.15, 0.2) is 0 Å². The lowest BCUT2D eigenvalue weighted by Gasteiger charge is -2.14. The van der Waals surface area contributed by atoms with E-state index in [0.29, 0.717) is 6.61 Å². The second-order valence-electron chi connectivity index (χ2n) is 3.57. The smallest absolute Gasteiger partial charge is 0.376 e. The van der Waals surface area contributed by atoms with Crippen molar-refractivity contribution in [2.45, 2.75) is 44.7 Å². The van der Waals surface area contributed by atoms with Gasteiger partial charge in [0.1, 0.15) is 0 Å². The van der Waals surface area contributed by atoms with E-state index in [9.17, 15) is 21.6 Å². The van der Waals surface area contributed by atoms with Crippen molar-refractivity contribution in [3.8, 4) is 0 Å². The lowest BCUT2D eigenvalue weighted by atomic mass is 10.3. The summed E-state index contributed by atoms with van der Waals surface area (Å²) in [7, 11) is -5.51. The molecule has 0 aromatic heterocycles. The number of alkyl halides is 3. The molecule has 0 amide bonds. The fraction of sp³-hybridized carbons (Fsp3) is 1.00. The van der Waals surface area contributed by atoms with E-state index >= 15 is 0 Å². The van der Waals surface area contributed by atoms with Crippen LogP contribution in [0.5, 0.6) is 0 Å². The number of rotatable bonds is 8. The van der Waals surface area contributed by atoms with Crippen LogP contribution in [-0.4, -0.2) is 33.2 Å². The largest absolute Gasteiger partial charge is 0.523 e. The van der Waals surface area contributed by atoms with Crippen LogP contribution in [0.2, 0.25) is 0 Å². The number of hydrogen-bond donors (Lipinski definition) is 0. The molecule has 0 aromatic carbocycles. The predicted molar refractivity (Wildman–Crippen MR) is 55.9 cm³/mol. The lowest BCUT2D eigenvalue weighted by molar-refractivity contribution is -0.0580. The third kappa shape index (κ3) is 6.85. The Bertz CT molecular complexity index is 300. The Balaban J connectivity index is 3.88. The zero-order valence-corrected chi connectivity index (χ0v) is 10.6. The molecule has 0 aromatic rings. The summed E-state index contributed by atoms with van der Waals surface area (Å²) in [6, 6.07) is 0. The molecule has 0 heterocycles. The monoisotopic (exact) mass is 278 g/mol.